The Morgan fingerprint density at radius 3 is 2.79 bits per heavy atom. The Morgan fingerprint density at radius 2 is 2.03 bits per heavy atom. The van der Waals surface area contributed by atoms with E-state index in [0.29, 0.717) is 17.6 Å². The van der Waals surface area contributed by atoms with Gasteiger partial charge in [0.2, 0.25) is 5.91 Å². The SMILES string of the molecule is O=C(Nc1ccccc1)[C@H]1CCCN(Cn2c(=O)oc3ccc([N+](=O)[O-])cc32)C1. The number of oxazole rings is 1. The monoisotopic (exact) mass is 396 g/mol. The molecule has 2 aromatic carbocycles. The lowest BCUT2D eigenvalue weighted by Crippen LogP contribution is -2.42. The van der Waals surface area contributed by atoms with Crippen molar-refractivity contribution in [2.24, 2.45) is 5.92 Å². The van der Waals surface area contributed by atoms with Crippen molar-refractivity contribution in [3.8, 4) is 0 Å². The molecule has 1 N–H and O–H groups in total. The summed E-state index contributed by atoms with van der Waals surface area (Å²) in [6, 6.07) is 13.3. The lowest BCUT2D eigenvalue weighted by Gasteiger charge is -2.31. The highest BCUT2D eigenvalue weighted by Crippen LogP contribution is 2.23. The normalized spacial score (nSPS) is 17.3. The predicted molar refractivity (Wildman–Crippen MR) is 106 cm³/mol. The van der Waals surface area contributed by atoms with E-state index in [1.807, 2.05) is 35.2 Å². The van der Waals surface area contributed by atoms with E-state index in [4.69, 9.17) is 4.42 Å². The molecular formula is C20H20N4O5. The minimum absolute atomic E-state index is 0.0547. The maximum absolute atomic E-state index is 12.6. The first-order valence-corrected chi connectivity index (χ1v) is 9.37. The van der Waals surface area contributed by atoms with Crippen LogP contribution in [0.25, 0.3) is 11.1 Å². The van der Waals surface area contributed by atoms with Crippen LogP contribution in [0, 0.1) is 16.0 Å². The molecule has 0 aliphatic carbocycles. The summed E-state index contributed by atoms with van der Waals surface area (Å²) in [6.45, 7) is 1.43. The lowest BCUT2D eigenvalue weighted by molar-refractivity contribution is -0.384. The van der Waals surface area contributed by atoms with E-state index in [0.717, 1.165) is 25.1 Å². The number of amides is 1. The molecule has 0 bridgehead atoms. The molecule has 29 heavy (non-hydrogen) atoms. The topological polar surface area (TPSA) is 111 Å². The van der Waals surface area contributed by atoms with E-state index in [1.54, 1.807) is 0 Å². The molecule has 1 aliphatic heterocycles. The minimum atomic E-state index is -0.573. The molecule has 1 saturated heterocycles. The van der Waals surface area contributed by atoms with Crippen molar-refractivity contribution in [2.75, 3.05) is 18.4 Å². The zero-order chi connectivity index (χ0) is 20.4. The number of aromatic nitrogens is 1. The Bertz CT molecular complexity index is 1110. The molecule has 9 nitrogen and oxygen atoms in total. The summed E-state index contributed by atoms with van der Waals surface area (Å²) in [4.78, 5) is 37.4. The van der Waals surface area contributed by atoms with Crippen molar-refractivity contribution in [1.82, 2.24) is 9.47 Å². The van der Waals surface area contributed by atoms with Gasteiger partial charge in [0.25, 0.3) is 5.69 Å². The highest BCUT2D eigenvalue weighted by Gasteiger charge is 2.27. The maximum atomic E-state index is 12.6. The van der Waals surface area contributed by atoms with Crippen molar-refractivity contribution < 1.29 is 14.1 Å². The summed E-state index contributed by atoms with van der Waals surface area (Å²) in [5, 5.41) is 14.0. The molecule has 3 aromatic rings. The Balaban J connectivity index is 1.50. The number of carbonyl (C=O) groups is 1. The van der Waals surface area contributed by atoms with Gasteiger partial charge in [-0.3, -0.25) is 24.4 Å². The van der Waals surface area contributed by atoms with Crippen LogP contribution < -0.4 is 11.1 Å². The Labute approximate surface area is 165 Å². The van der Waals surface area contributed by atoms with Crippen molar-refractivity contribution in [1.29, 1.82) is 0 Å². The van der Waals surface area contributed by atoms with Crippen LogP contribution in [0.15, 0.2) is 57.7 Å². The first kappa shape index (κ1) is 18.9. The zero-order valence-corrected chi connectivity index (χ0v) is 15.6. The summed E-state index contributed by atoms with van der Waals surface area (Å²) in [6.07, 6.45) is 1.58. The van der Waals surface area contributed by atoms with Crippen LogP contribution in [0.3, 0.4) is 0 Å². The van der Waals surface area contributed by atoms with E-state index in [9.17, 15) is 19.7 Å². The fraction of sp³-hybridized carbons (Fsp3) is 0.300. The van der Waals surface area contributed by atoms with Crippen LogP contribution in [0.5, 0.6) is 0 Å². The summed E-state index contributed by atoms with van der Waals surface area (Å²) in [5.41, 5.74) is 1.32. The smallest absolute Gasteiger partial charge is 0.408 e. The molecule has 1 fully saturated rings. The largest absolute Gasteiger partial charge is 0.421 e. The van der Waals surface area contributed by atoms with E-state index >= 15 is 0 Å². The van der Waals surface area contributed by atoms with E-state index in [1.165, 1.54) is 22.8 Å². The Hall–Kier alpha value is -3.46. The number of anilines is 1. The van der Waals surface area contributed by atoms with Gasteiger partial charge in [0.15, 0.2) is 5.58 Å². The van der Waals surface area contributed by atoms with Gasteiger partial charge in [0, 0.05) is 24.4 Å². The number of non-ortho nitro benzene ring substituents is 1. The average molecular weight is 396 g/mol. The van der Waals surface area contributed by atoms with Gasteiger partial charge in [0.05, 0.1) is 23.0 Å². The number of hydrogen-bond donors (Lipinski definition) is 1. The van der Waals surface area contributed by atoms with Gasteiger partial charge in [-0.15, -0.1) is 0 Å². The van der Waals surface area contributed by atoms with E-state index < -0.39 is 10.7 Å². The highest BCUT2D eigenvalue weighted by molar-refractivity contribution is 5.92. The average Bonchev–Trinajstić information content (AvgIpc) is 3.03. The molecule has 0 radical (unpaired) electrons. The number of rotatable bonds is 5. The number of likely N-dealkylation sites (tertiary alicyclic amines) is 1. The minimum Gasteiger partial charge on any atom is -0.408 e. The van der Waals surface area contributed by atoms with Crippen LogP contribution in [-0.2, 0) is 11.5 Å². The molecule has 1 amide bonds. The molecule has 0 spiro atoms. The van der Waals surface area contributed by atoms with Gasteiger partial charge in [-0.25, -0.2) is 4.79 Å². The molecule has 1 aromatic heterocycles. The molecule has 9 heteroatoms. The summed E-state index contributed by atoms with van der Waals surface area (Å²) >= 11 is 0. The second-order valence-corrected chi connectivity index (χ2v) is 7.12. The summed E-state index contributed by atoms with van der Waals surface area (Å²) < 4.78 is 6.58. The quantitative estimate of drug-likeness (QED) is 0.524. The maximum Gasteiger partial charge on any atom is 0.421 e. The van der Waals surface area contributed by atoms with Gasteiger partial charge < -0.3 is 9.73 Å². The number of nitrogens with zero attached hydrogens (tertiary/aromatic N) is 3. The number of hydrogen-bond acceptors (Lipinski definition) is 6. The Morgan fingerprint density at radius 1 is 1.24 bits per heavy atom. The van der Waals surface area contributed by atoms with Gasteiger partial charge in [-0.05, 0) is 37.6 Å². The number of nitro benzene ring substituents is 1. The van der Waals surface area contributed by atoms with Crippen molar-refractivity contribution in [3.63, 3.8) is 0 Å². The number of carbonyl (C=O) groups excluding carboxylic acids is 1. The zero-order valence-electron chi connectivity index (χ0n) is 15.6. The second kappa shape index (κ2) is 7.88. The number of nitrogens with one attached hydrogen (secondary N) is 1. The number of fused-ring (bicyclic) bond motifs is 1. The number of piperidine rings is 1. The van der Waals surface area contributed by atoms with Crippen LogP contribution in [0.1, 0.15) is 12.8 Å². The van der Waals surface area contributed by atoms with Crippen LogP contribution in [0.4, 0.5) is 11.4 Å². The molecule has 150 valence electrons. The Kier molecular flexibility index (Phi) is 5.13. The predicted octanol–water partition coefficient (Wildman–Crippen LogP) is 2.81. The molecule has 4 rings (SSSR count). The fourth-order valence-electron chi connectivity index (χ4n) is 3.66. The van der Waals surface area contributed by atoms with Crippen molar-refractivity contribution in [3.05, 3.63) is 69.2 Å². The third-order valence-electron chi connectivity index (χ3n) is 5.12. The molecule has 2 heterocycles. The standard InChI is InChI=1S/C20H20N4O5/c25-19(21-15-6-2-1-3-7-15)14-5-4-10-22(12-14)13-23-17-11-16(24(27)28)8-9-18(17)29-20(23)26/h1-3,6-9,11,14H,4-5,10,12-13H2,(H,21,25)/t14-/m0/s1. The summed E-state index contributed by atoms with van der Waals surface area (Å²) in [7, 11) is 0. The van der Waals surface area contributed by atoms with Crippen molar-refractivity contribution >= 4 is 28.4 Å². The molecule has 1 aliphatic rings. The lowest BCUT2D eigenvalue weighted by atomic mass is 9.97. The van der Waals surface area contributed by atoms with Gasteiger partial charge in [-0.2, -0.15) is 0 Å². The van der Waals surface area contributed by atoms with Crippen molar-refractivity contribution in [2.45, 2.75) is 19.5 Å². The molecular weight excluding hydrogens is 376 g/mol. The molecule has 1 atom stereocenters. The molecule has 0 saturated carbocycles. The molecule has 0 unspecified atom stereocenters. The van der Waals surface area contributed by atoms with Crippen LogP contribution >= 0.6 is 0 Å². The van der Waals surface area contributed by atoms with Gasteiger partial charge >= 0.3 is 5.76 Å². The third kappa shape index (κ3) is 4.04. The number of benzene rings is 2. The highest BCUT2D eigenvalue weighted by atomic mass is 16.6. The summed E-state index contributed by atoms with van der Waals surface area (Å²) in [5.74, 6) is -0.829. The van der Waals surface area contributed by atoms with Crippen LogP contribution in [-0.4, -0.2) is 33.4 Å². The van der Waals surface area contributed by atoms with E-state index in [-0.39, 0.29) is 24.2 Å². The number of nitro groups is 1. The second-order valence-electron chi connectivity index (χ2n) is 7.12. The first-order valence-electron chi connectivity index (χ1n) is 9.37. The third-order valence-corrected chi connectivity index (χ3v) is 5.12. The fourth-order valence-corrected chi connectivity index (χ4v) is 3.66. The van der Waals surface area contributed by atoms with Crippen LogP contribution in [0.2, 0.25) is 0 Å². The van der Waals surface area contributed by atoms with Gasteiger partial charge in [0.1, 0.15) is 0 Å². The van der Waals surface area contributed by atoms with Gasteiger partial charge in [-0.1, -0.05) is 18.2 Å². The number of para-hydroxylation sites is 1. The first-order chi connectivity index (χ1) is 14.0. The van der Waals surface area contributed by atoms with E-state index in [2.05, 4.69) is 5.32 Å².